The number of furan rings is 1. The Balaban J connectivity index is 0.00000261. The van der Waals surface area contributed by atoms with Gasteiger partial charge in [-0.2, -0.15) is 0 Å². The first-order chi connectivity index (χ1) is 12.7. The van der Waals surface area contributed by atoms with Crippen LogP contribution in [0.3, 0.4) is 0 Å². The van der Waals surface area contributed by atoms with Crippen LogP contribution in [0.2, 0.25) is 0 Å². The lowest BCUT2D eigenvalue weighted by Crippen LogP contribution is -2.30. The molecule has 27 heavy (non-hydrogen) atoms. The summed E-state index contributed by atoms with van der Waals surface area (Å²) in [6, 6.07) is 15.6. The molecule has 144 valence electrons. The molecule has 3 aromatic rings. The molecule has 0 bridgehead atoms. The lowest BCUT2D eigenvalue weighted by Gasteiger charge is -2.14. The monoisotopic (exact) mass is 481 g/mol. The van der Waals surface area contributed by atoms with Crippen LogP contribution in [0.5, 0.6) is 11.5 Å². The first-order valence-corrected chi connectivity index (χ1v) is 8.49. The van der Waals surface area contributed by atoms with Crippen molar-refractivity contribution in [1.82, 2.24) is 5.32 Å². The molecule has 0 aliphatic rings. The molecule has 0 fully saturated rings. The first kappa shape index (κ1) is 20.9. The number of para-hydroxylation sites is 1. The van der Waals surface area contributed by atoms with Crippen LogP contribution in [0, 0.1) is 0 Å². The molecule has 0 spiro atoms. The molecule has 1 heterocycles. The smallest absolute Gasteiger partial charge is 0.195 e. The van der Waals surface area contributed by atoms with E-state index in [1.54, 1.807) is 14.2 Å². The zero-order valence-electron chi connectivity index (χ0n) is 15.6. The maximum Gasteiger partial charge on any atom is 0.195 e. The zero-order valence-corrected chi connectivity index (χ0v) is 17.9. The van der Waals surface area contributed by atoms with E-state index in [0.717, 1.165) is 22.4 Å². The van der Waals surface area contributed by atoms with Gasteiger partial charge in [-0.05, 0) is 31.2 Å². The number of hydrogen-bond acceptors (Lipinski definition) is 4. The lowest BCUT2D eigenvalue weighted by atomic mass is 10.2. The van der Waals surface area contributed by atoms with Gasteiger partial charge in [-0.15, -0.1) is 24.0 Å². The average Bonchev–Trinajstić information content (AvgIpc) is 3.08. The van der Waals surface area contributed by atoms with E-state index < -0.39 is 0 Å². The summed E-state index contributed by atoms with van der Waals surface area (Å²) in [6.07, 6.45) is 0. The van der Waals surface area contributed by atoms with Crippen molar-refractivity contribution in [1.29, 1.82) is 0 Å². The normalized spacial score (nSPS) is 11.0. The van der Waals surface area contributed by atoms with Gasteiger partial charge in [0.15, 0.2) is 17.5 Å². The highest BCUT2D eigenvalue weighted by Crippen LogP contribution is 2.30. The number of benzene rings is 2. The number of guanidine groups is 1. The van der Waals surface area contributed by atoms with Crippen LogP contribution in [0.1, 0.15) is 12.7 Å². The third-order valence-corrected chi connectivity index (χ3v) is 3.86. The molecule has 0 aliphatic heterocycles. The second kappa shape index (κ2) is 10.1. The molecule has 2 aromatic carbocycles. The van der Waals surface area contributed by atoms with Crippen LogP contribution in [0.4, 0.5) is 5.69 Å². The van der Waals surface area contributed by atoms with Crippen molar-refractivity contribution in [3.8, 4) is 11.5 Å². The van der Waals surface area contributed by atoms with Gasteiger partial charge >= 0.3 is 0 Å². The van der Waals surface area contributed by atoms with E-state index in [9.17, 15) is 0 Å². The molecule has 1 aromatic heterocycles. The highest BCUT2D eigenvalue weighted by Gasteiger charge is 2.08. The molecule has 0 saturated carbocycles. The van der Waals surface area contributed by atoms with Gasteiger partial charge in [0.2, 0.25) is 0 Å². The number of ether oxygens (including phenoxy) is 2. The highest BCUT2D eigenvalue weighted by molar-refractivity contribution is 14.0. The van der Waals surface area contributed by atoms with E-state index in [1.807, 2.05) is 55.5 Å². The Hall–Kier alpha value is -2.42. The maximum absolute atomic E-state index is 5.81. The Morgan fingerprint density at radius 1 is 1.11 bits per heavy atom. The summed E-state index contributed by atoms with van der Waals surface area (Å²) in [5.74, 6) is 2.87. The molecule has 6 nitrogen and oxygen atoms in total. The molecule has 0 saturated heterocycles. The molecule has 0 amide bonds. The van der Waals surface area contributed by atoms with Crippen molar-refractivity contribution in [2.45, 2.75) is 13.5 Å². The van der Waals surface area contributed by atoms with Crippen LogP contribution in [-0.2, 0) is 6.54 Å². The number of fused-ring (bicyclic) bond motifs is 1. The maximum atomic E-state index is 5.81. The number of halogens is 1. The summed E-state index contributed by atoms with van der Waals surface area (Å²) in [6.45, 7) is 3.04. The Morgan fingerprint density at radius 3 is 2.63 bits per heavy atom. The second-order valence-corrected chi connectivity index (χ2v) is 5.60. The van der Waals surface area contributed by atoms with Crippen LogP contribution < -0.4 is 20.1 Å². The van der Waals surface area contributed by atoms with Gasteiger partial charge in [-0.3, -0.25) is 4.99 Å². The molecule has 7 heteroatoms. The summed E-state index contributed by atoms with van der Waals surface area (Å²) >= 11 is 0. The predicted octanol–water partition coefficient (Wildman–Crippen LogP) is 4.65. The van der Waals surface area contributed by atoms with Crippen LogP contribution in [0.15, 0.2) is 57.9 Å². The number of anilines is 1. The van der Waals surface area contributed by atoms with Crippen molar-refractivity contribution in [3.05, 3.63) is 54.3 Å². The van der Waals surface area contributed by atoms with Crippen LogP contribution >= 0.6 is 24.0 Å². The molecule has 3 rings (SSSR count). The fraction of sp³-hybridized carbons (Fsp3) is 0.250. The Bertz CT molecular complexity index is 875. The van der Waals surface area contributed by atoms with Crippen molar-refractivity contribution < 1.29 is 13.9 Å². The number of hydrogen-bond donors (Lipinski definition) is 2. The number of nitrogens with one attached hydrogen (secondary N) is 2. The Morgan fingerprint density at radius 2 is 1.93 bits per heavy atom. The Kier molecular flexibility index (Phi) is 7.78. The first-order valence-electron chi connectivity index (χ1n) is 8.49. The van der Waals surface area contributed by atoms with Gasteiger partial charge in [0.05, 0.1) is 20.3 Å². The summed E-state index contributed by atoms with van der Waals surface area (Å²) in [5, 5.41) is 7.58. The van der Waals surface area contributed by atoms with E-state index in [0.29, 0.717) is 30.6 Å². The molecule has 2 N–H and O–H groups in total. The highest BCUT2D eigenvalue weighted by atomic mass is 127. The minimum absolute atomic E-state index is 0. The molecule has 0 radical (unpaired) electrons. The van der Waals surface area contributed by atoms with Gasteiger partial charge in [0.1, 0.15) is 11.3 Å². The van der Waals surface area contributed by atoms with Crippen molar-refractivity contribution in [2.75, 3.05) is 26.1 Å². The average molecular weight is 481 g/mol. The van der Waals surface area contributed by atoms with Gasteiger partial charge in [0.25, 0.3) is 0 Å². The van der Waals surface area contributed by atoms with Gasteiger partial charge in [0, 0.05) is 24.2 Å². The quantitative estimate of drug-likeness (QED) is 0.305. The van der Waals surface area contributed by atoms with Gasteiger partial charge < -0.3 is 24.5 Å². The standard InChI is InChI=1S/C20H23N3O3.HI/c1-4-25-19-12-15(9-10-18(19)24-3)23-20(21-2)22-13-16-11-14-7-5-6-8-17(14)26-16;/h5-12H,4,13H2,1-3H3,(H2,21,22,23);1H. The summed E-state index contributed by atoms with van der Waals surface area (Å²) in [7, 11) is 3.35. The van der Waals surface area contributed by atoms with E-state index in [4.69, 9.17) is 13.9 Å². The summed E-state index contributed by atoms with van der Waals surface area (Å²) < 4.78 is 16.7. The fourth-order valence-corrected chi connectivity index (χ4v) is 2.63. The SMILES string of the molecule is CCOc1cc(NC(=NC)NCc2cc3ccccc3o2)ccc1OC.I. The number of methoxy groups -OCH3 is 1. The minimum atomic E-state index is 0. The number of nitrogens with zero attached hydrogens (tertiary/aromatic N) is 1. The lowest BCUT2D eigenvalue weighted by molar-refractivity contribution is 0.311. The van der Waals surface area contributed by atoms with Gasteiger partial charge in [-0.1, -0.05) is 18.2 Å². The second-order valence-electron chi connectivity index (χ2n) is 5.60. The van der Waals surface area contributed by atoms with Crippen LogP contribution in [0.25, 0.3) is 11.0 Å². The predicted molar refractivity (Wildman–Crippen MR) is 120 cm³/mol. The third kappa shape index (κ3) is 5.29. The third-order valence-electron chi connectivity index (χ3n) is 3.86. The van der Waals surface area contributed by atoms with E-state index in [2.05, 4.69) is 15.6 Å². The minimum Gasteiger partial charge on any atom is -0.493 e. The Labute approximate surface area is 176 Å². The topological polar surface area (TPSA) is 68.0 Å². The molecule has 0 aliphatic carbocycles. The summed E-state index contributed by atoms with van der Waals surface area (Å²) in [5.41, 5.74) is 1.73. The van der Waals surface area contributed by atoms with Gasteiger partial charge in [-0.25, -0.2) is 0 Å². The molecule has 0 unspecified atom stereocenters. The van der Waals surface area contributed by atoms with Crippen LogP contribution in [-0.4, -0.2) is 26.7 Å². The number of aliphatic imine (C=N–C) groups is 1. The number of rotatable bonds is 6. The van der Waals surface area contributed by atoms with E-state index >= 15 is 0 Å². The van der Waals surface area contributed by atoms with Crippen molar-refractivity contribution in [2.24, 2.45) is 4.99 Å². The zero-order chi connectivity index (χ0) is 18.4. The largest absolute Gasteiger partial charge is 0.493 e. The molecular formula is C20H24IN3O3. The van der Waals surface area contributed by atoms with Crippen molar-refractivity contribution in [3.63, 3.8) is 0 Å². The molecular weight excluding hydrogens is 457 g/mol. The fourth-order valence-electron chi connectivity index (χ4n) is 2.63. The van der Waals surface area contributed by atoms with Crippen molar-refractivity contribution >= 4 is 46.6 Å². The molecule has 0 atom stereocenters. The van der Waals surface area contributed by atoms with E-state index in [-0.39, 0.29) is 24.0 Å². The summed E-state index contributed by atoms with van der Waals surface area (Å²) in [4.78, 5) is 4.25. The van der Waals surface area contributed by atoms with E-state index in [1.165, 1.54) is 0 Å².